The molecule has 3 nitrogen and oxygen atoms in total. The molecule has 1 aromatic heterocycles. The van der Waals surface area contributed by atoms with Gasteiger partial charge in [-0.2, -0.15) is 5.10 Å². The molecule has 1 heterocycles. The van der Waals surface area contributed by atoms with Crippen LogP contribution in [0.4, 0.5) is 5.82 Å². The predicted molar refractivity (Wildman–Crippen MR) is 66.1 cm³/mol. The van der Waals surface area contributed by atoms with Crippen molar-refractivity contribution in [3.8, 4) is 0 Å². The smallest absolute Gasteiger partial charge is 0.135 e. The largest absolute Gasteiger partial charge is 0.383 e. The van der Waals surface area contributed by atoms with Gasteiger partial charge in [0.1, 0.15) is 5.82 Å². The van der Waals surface area contributed by atoms with Crippen molar-refractivity contribution in [2.75, 3.05) is 5.73 Å². The summed E-state index contributed by atoms with van der Waals surface area (Å²) in [6, 6.07) is 0.525. The van der Waals surface area contributed by atoms with Crippen LogP contribution in [0.1, 0.15) is 37.9 Å². The summed E-state index contributed by atoms with van der Waals surface area (Å²) in [5, 5.41) is 4.53. The fourth-order valence-corrected chi connectivity index (χ4v) is 2.64. The number of nitrogens with zero attached hydrogens (tertiary/aromatic N) is 2. The maximum Gasteiger partial charge on any atom is 0.135 e. The first-order valence-corrected chi connectivity index (χ1v) is 6.19. The fraction of sp³-hybridized carbons (Fsp3) is 0.700. The average molecular weight is 305 g/mol. The van der Waals surface area contributed by atoms with Gasteiger partial charge in [-0.1, -0.05) is 13.3 Å². The van der Waals surface area contributed by atoms with Gasteiger partial charge in [-0.05, 0) is 48.3 Å². The zero-order chi connectivity index (χ0) is 10.3. The van der Waals surface area contributed by atoms with Gasteiger partial charge in [0.05, 0.1) is 15.3 Å². The molecule has 4 heteroatoms. The van der Waals surface area contributed by atoms with E-state index in [9.17, 15) is 0 Å². The molecule has 0 spiro atoms. The first kappa shape index (κ1) is 10.3. The van der Waals surface area contributed by atoms with E-state index in [0.717, 1.165) is 15.1 Å². The molecular weight excluding hydrogens is 289 g/mol. The minimum atomic E-state index is 0.525. The van der Waals surface area contributed by atoms with E-state index in [4.69, 9.17) is 5.73 Å². The van der Waals surface area contributed by atoms with Gasteiger partial charge in [0, 0.05) is 0 Å². The van der Waals surface area contributed by atoms with Crippen LogP contribution in [0.2, 0.25) is 0 Å². The van der Waals surface area contributed by atoms with E-state index in [1.54, 1.807) is 0 Å². The molecule has 1 aliphatic rings. The Bertz CT molecular complexity index is 345. The highest BCUT2D eigenvalue weighted by Crippen LogP contribution is 2.37. The number of aromatic nitrogens is 2. The Morgan fingerprint density at radius 3 is 2.64 bits per heavy atom. The highest BCUT2D eigenvalue weighted by atomic mass is 127. The Morgan fingerprint density at radius 1 is 1.50 bits per heavy atom. The first-order valence-electron chi connectivity index (χ1n) is 5.11. The quantitative estimate of drug-likeness (QED) is 0.811. The van der Waals surface area contributed by atoms with Crippen molar-refractivity contribution < 1.29 is 0 Å². The maximum atomic E-state index is 6.04. The molecule has 0 radical (unpaired) electrons. The molecule has 1 aromatic rings. The second-order valence-corrected chi connectivity index (χ2v) is 5.28. The summed E-state index contributed by atoms with van der Waals surface area (Å²) in [4.78, 5) is 0. The normalized spacial score (nSPS) is 27.1. The maximum absolute atomic E-state index is 6.04. The lowest BCUT2D eigenvalue weighted by molar-refractivity contribution is 0.378. The number of aryl methyl sites for hydroxylation is 1. The lowest BCUT2D eigenvalue weighted by Gasteiger charge is -2.17. The Labute approximate surface area is 98.2 Å². The highest BCUT2D eigenvalue weighted by molar-refractivity contribution is 14.1. The van der Waals surface area contributed by atoms with Crippen molar-refractivity contribution in [3.63, 3.8) is 0 Å². The van der Waals surface area contributed by atoms with Crippen molar-refractivity contribution in [2.24, 2.45) is 5.92 Å². The second kappa shape index (κ2) is 3.72. The number of rotatable bonds is 1. The van der Waals surface area contributed by atoms with Crippen molar-refractivity contribution in [2.45, 2.75) is 39.2 Å². The zero-order valence-corrected chi connectivity index (χ0v) is 10.8. The summed E-state index contributed by atoms with van der Waals surface area (Å²) in [7, 11) is 0. The molecule has 2 N–H and O–H groups in total. The van der Waals surface area contributed by atoms with E-state index in [1.165, 1.54) is 19.3 Å². The van der Waals surface area contributed by atoms with Gasteiger partial charge in [-0.25, -0.2) is 4.68 Å². The van der Waals surface area contributed by atoms with Gasteiger partial charge in [0.25, 0.3) is 0 Å². The zero-order valence-electron chi connectivity index (χ0n) is 8.63. The Kier molecular flexibility index (Phi) is 2.72. The first-order chi connectivity index (χ1) is 6.61. The van der Waals surface area contributed by atoms with E-state index in [0.29, 0.717) is 12.0 Å². The standard InChI is InChI=1S/C10H16IN3/c1-6-4-3-5-8(6)14-10(12)9(11)7(2)13-14/h6,8H,3-5,12H2,1-2H3. The number of hydrogen-bond donors (Lipinski definition) is 1. The number of halogens is 1. The van der Waals surface area contributed by atoms with Crippen LogP contribution in [-0.2, 0) is 0 Å². The highest BCUT2D eigenvalue weighted by Gasteiger charge is 2.28. The van der Waals surface area contributed by atoms with E-state index in [1.807, 2.05) is 11.6 Å². The summed E-state index contributed by atoms with van der Waals surface area (Å²) in [5.41, 5.74) is 7.10. The van der Waals surface area contributed by atoms with Crippen molar-refractivity contribution in [1.82, 2.24) is 9.78 Å². The van der Waals surface area contributed by atoms with Crippen LogP contribution in [0.3, 0.4) is 0 Å². The molecular formula is C10H16IN3. The molecule has 2 unspecified atom stereocenters. The number of hydrogen-bond acceptors (Lipinski definition) is 2. The SMILES string of the molecule is Cc1nn(C2CCCC2C)c(N)c1I. The van der Waals surface area contributed by atoms with Crippen molar-refractivity contribution in [1.29, 1.82) is 0 Å². The topological polar surface area (TPSA) is 43.8 Å². The Morgan fingerprint density at radius 2 is 2.21 bits per heavy atom. The fourth-order valence-electron chi connectivity index (χ4n) is 2.29. The van der Waals surface area contributed by atoms with E-state index in [2.05, 4.69) is 34.6 Å². The third-order valence-corrected chi connectivity index (χ3v) is 4.51. The van der Waals surface area contributed by atoms with Crippen LogP contribution >= 0.6 is 22.6 Å². The molecule has 1 saturated carbocycles. The third-order valence-electron chi connectivity index (χ3n) is 3.18. The molecule has 2 rings (SSSR count). The number of nitrogen functional groups attached to an aromatic ring is 1. The summed E-state index contributed by atoms with van der Waals surface area (Å²) in [5.74, 6) is 1.56. The van der Waals surface area contributed by atoms with E-state index in [-0.39, 0.29) is 0 Å². The van der Waals surface area contributed by atoms with E-state index < -0.39 is 0 Å². The van der Waals surface area contributed by atoms with Gasteiger partial charge in [0.15, 0.2) is 0 Å². The molecule has 0 saturated heterocycles. The molecule has 14 heavy (non-hydrogen) atoms. The third kappa shape index (κ3) is 1.53. The van der Waals surface area contributed by atoms with Crippen LogP contribution in [-0.4, -0.2) is 9.78 Å². The number of nitrogens with two attached hydrogens (primary N) is 1. The molecule has 1 aliphatic carbocycles. The van der Waals surface area contributed by atoms with Gasteiger partial charge >= 0.3 is 0 Å². The van der Waals surface area contributed by atoms with Crippen LogP contribution < -0.4 is 5.73 Å². The summed E-state index contributed by atoms with van der Waals surface area (Å²) < 4.78 is 3.15. The van der Waals surface area contributed by atoms with Crippen LogP contribution in [0.15, 0.2) is 0 Å². The minimum absolute atomic E-state index is 0.525. The predicted octanol–water partition coefficient (Wildman–Crippen LogP) is 2.74. The van der Waals surface area contributed by atoms with Crippen LogP contribution in [0.5, 0.6) is 0 Å². The summed E-state index contributed by atoms with van der Waals surface area (Å²) >= 11 is 2.27. The Hall–Kier alpha value is -0.260. The summed E-state index contributed by atoms with van der Waals surface area (Å²) in [6.45, 7) is 4.31. The number of anilines is 1. The monoisotopic (exact) mass is 305 g/mol. The molecule has 0 aromatic carbocycles. The van der Waals surface area contributed by atoms with Gasteiger partial charge in [-0.3, -0.25) is 0 Å². The molecule has 78 valence electrons. The van der Waals surface area contributed by atoms with Crippen molar-refractivity contribution in [3.05, 3.63) is 9.26 Å². The van der Waals surface area contributed by atoms with Crippen molar-refractivity contribution >= 4 is 28.4 Å². The molecule has 1 fully saturated rings. The van der Waals surface area contributed by atoms with Gasteiger partial charge < -0.3 is 5.73 Å². The lowest BCUT2D eigenvalue weighted by atomic mass is 10.1. The molecule has 0 bridgehead atoms. The van der Waals surface area contributed by atoms with Gasteiger partial charge in [-0.15, -0.1) is 0 Å². The average Bonchev–Trinajstić information content (AvgIpc) is 2.66. The lowest BCUT2D eigenvalue weighted by Crippen LogP contribution is -2.15. The Balaban J connectivity index is 2.36. The molecule has 2 atom stereocenters. The van der Waals surface area contributed by atoms with Crippen LogP contribution in [0, 0.1) is 16.4 Å². The minimum Gasteiger partial charge on any atom is -0.383 e. The van der Waals surface area contributed by atoms with Gasteiger partial charge in [0.2, 0.25) is 0 Å². The van der Waals surface area contributed by atoms with Crippen LogP contribution in [0.25, 0.3) is 0 Å². The molecule has 0 aliphatic heterocycles. The summed E-state index contributed by atoms with van der Waals surface area (Å²) in [6.07, 6.45) is 3.84. The van der Waals surface area contributed by atoms with E-state index >= 15 is 0 Å². The molecule has 0 amide bonds. The second-order valence-electron chi connectivity index (χ2n) is 4.20.